The van der Waals surface area contributed by atoms with Crippen molar-refractivity contribution in [3.05, 3.63) is 35.5 Å². The fourth-order valence-electron chi connectivity index (χ4n) is 4.77. The Hall–Kier alpha value is -1.61. The predicted molar refractivity (Wildman–Crippen MR) is 94.1 cm³/mol. The van der Waals surface area contributed by atoms with Crippen LogP contribution >= 0.6 is 0 Å². The number of fused-ring (bicyclic) bond motifs is 4. The van der Waals surface area contributed by atoms with Crippen LogP contribution in [-0.4, -0.2) is 34.9 Å². The van der Waals surface area contributed by atoms with Crippen molar-refractivity contribution in [2.45, 2.75) is 38.5 Å². The molecule has 2 bridgehead atoms. The van der Waals surface area contributed by atoms with Gasteiger partial charge in [-0.15, -0.1) is 0 Å². The largest absolute Gasteiger partial charge is 0.347 e. The van der Waals surface area contributed by atoms with Gasteiger partial charge in [0.15, 0.2) is 5.78 Å². The minimum absolute atomic E-state index is 0.329. The van der Waals surface area contributed by atoms with Gasteiger partial charge in [-0.1, -0.05) is 25.1 Å². The number of rotatable bonds is 4. The fraction of sp³-hybridized carbons (Fsp3) is 0.550. The van der Waals surface area contributed by atoms with Gasteiger partial charge in [0.1, 0.15) is 0 Å². The molecule has 3 aliphatic heterocycles. The fourth-order valence-corrected chi connectivity index (χ4v) is 4.77. The first-order valence-corrected chi connectivity index (χ1v) is 9.03. The van der Waals surface area contributed by atoms with Crippen molar-refractivity contribution in [1.29, 1.82) is 0 Å². The quantitative estimate of drug-likeness (QED) is 0.798. The van der Waals surface area contributed by atoms with Crippen LogP contribution in [0.15, 0.2) is 24.3 Å². The molecule has 0 N–H and O–H groups in total. The molecule has 1 unspecified atom stereocenters. The first-order chi connectivity index (χ1) is 11.2. The average molecular weight is 310 g/mol. The van der Waals surface area contributed by atoms with Crippen LogP contribution in [-0.2, 0) is 7.05 Å². The van der Waals surface area contributed by atoms with E-state index in [-0.39, 0.29) is 0 Å². The second-order valence-electron chi connectivity index (χ2n) is 7.25. The molecule has 0 saturated carbocycles. The monoisotopic (exact) mass is 310 g/mol. The highest BCUT2D eigenvalue weighted by Gasteiger charge is 2.38. The Bertz CT molecular complexity index is 737. The number of carbonyl (C=O) groups excluding carboxylic acids is 1. The molecule has 1 aromatic carbocycles. The van der Waals surface area contributed by atoms with Crippen molar-refractivity contribution in [2.24, 2.45) is 13.0 Å². The average Bonchev–Trinajstić information content (AvgIpc) is 2.89. The number of Topliss-reactive ketones (excluding diaryl/α,β-unsaturated/α-hetero) is 1. The number of aromatic nitrogens is 1. The second-order valence-corrected chi connectivity index (χ2v) is 7.25. The zero-order valence-corrected chi connectivity index (χ0v) is 14.2. The maximum Gasteiger partial charge on any atom is 0.165 e. The second kappa shape index (κ2) is 5.79. The van der Waals surface area contributed by atoms with Crippen LogP contribution in [0, 0.1) is 5.92 Å². The smallest absolute Gasteiger partial charge is 0.165 e. The summed E-state index contributed by atoms with van der Waals surface area (Å²) in [4.78, 5) is 15.5. The maximum atomic E-state index is 12.9. The number of nitrogens with zero attached hydrogens (tertiary/aromatic N) is 2. The summed E-state index contributed by atoms with van der Waals surface area (Å²) in [6, 6.07) is 8.42. The third-order valence-corrected chi connectivity index (χ3v) is 5.92. The van der Waals surface area contributed by atoms with Gasteiger partial charge in [-0.25, -0.2) is 0 Å². The Morgan fingerprint density at radius 3 is 2.61 bits per heavy atom. The third kappa shape index (κ3) is 2.33. The lowest BCUT2D eigenvalue weighted by molar-refractivity contribution is 0.0829. The first kappa shape index (κ1) is 14.9. The highest BCUT2D eigenvalue weighted by Crippen LogP contribution is 2.42. The Labute approximate surface area is 138 Å². The van der Waals surface area contributed by atoms with Crippen molar-refractivity contribution < 1.29 is 4.79 Å². The van der Waals surface area contributed by atoms with Crippen LogP contribution in [0.25, 0.3) is 10.9 Å². The molecule has 23 heavy (non-hydrogen) atoms. The van der Waals surface area contributed by atoms with E-state index in [1.807, 2.05) is 0 Å². The minimum atomic E-state index is 0.329. The molecular weight excluding hydrogens is 284 g/mol. The van der Waals surface area contributed by atoms with Crippen LogP contribution < -0.4 is 0 Å². The lowest BCUT2D eigenvalue weighted by Gasteiger charge is -2.45. The van der Waals surface area contributed by atoms with Crippen LogP contribution in [0.1, 0.15) is 54.6 Å². The maximum absolute atomic E-state index is 12.9. The summed E-state index contributed by atoms with van der Waals surface area (Å²) >= 11 is 0. The number of aryl methyl sites for hydroxylation is 1. The van der Waals surface area contributed by atoms with Gasteiger partial charge in [0.05, 0.1) is 0 Å². The molecule has 3 nitrogen and oxygen atoms in total. The number of piperidine rings is 3. The molecule has 1 atom stereocenters. The van der Waals surface area contributed by atoms with E-state index in [4.69, 9.17) is 0 Å². The number of ketones is 1. The summed E-state index contributed by atoms with van der Waals surface area (Å²) in [7, 11) is 2.15. The molecule has 5 rings (SSSR count). The van der Waals surface area contributed by atoms with Crippen LogP contribution in [0.5, 0.6) is 0 Å². The van der Waals surface area contributed by atoms with Gasteiger partial charge in [0.2, 0.25) is 0 Å². The highest BCUT2D eigenvalue weighted by molar-refractivity contribution is 6.09. The molecule has 3 heteroatoms. The van der Waals surface area contributed by atoms with Crippen molar-refractivity contribution >= 4 is 16.7 Å². The van der Waals surface area contributed by atoms with Crippen LogP contribution in [0.2, 0.25) is 0 Å². The molecule has 0 amide bonds. The Balaban J connectivity index is 1.89. The minimum Gasteiger partial charge on any atom is -0.347 e. The number of hydrogen-bond acceptors (Lipinski definition) is 2. The van der Waals surface area contributed by atoms with E-state index in [0.717, 1.165) is 29.8 Å². The molecule has 0 radical (unpaired) electrons. The van der Waals surface area contributed by atoms with Gasteiger partial charge in [-0.2, -0.15) is 0 Å². The SMILES string of the molecule is CCCC(=O)c1c(C2CN3CCC2CC3)n(C)c2ccccc12. The van der Waals surface area contributed by atoms with Gasteiger partial charge in [0, 0.05) is 48.1 Å². The molecule has 4 heterocycles. The van der Waals surface area contributed by atoms with Crippen molar-refractivity contribution in [3.8, 4) is 0 Å². The zero-order valence-electron chi connectivity index (χ0n) is 14.2. The Kier molecular flexibility index (Phi) is 3.76. The van der Waals surface area contributed by atoms with E-state index in [9.17, 15) is 4.79 Å². The summed E-state index contributed by atoms with van der Waals surface area (Å²) in [6.07, 6.45) is 4.14. The van der Waals surface area contributed by atoms with E-state index in [0.29, 0.717) is 18.1 Å². The third-order valence-electron chi connectivity index (χ3n) is 5.92. The van der Waals surface area contributed by atoms with Gasteiger partial charge in [-0.3, -0.25) is 4.79 Å². The van der Waals surface area contributed by atoms with E-state index in [1.165, 1.54) is 37.1 Å². The predicted octanol–water partition coefficient (Wildman–Crippen LogP) is 3.97. The lowest BCUT2D eigenvalue weighted by atomic mass is 9.76. The Morgan fingerprint density at radius 2 is 1.96 bits per heavy atom. The van der Waals surface area contributed by atoms with E-state index in [2.05, 4.69) is 47.7 Å². The number of para-hydroxylation sites is 1. The van der Waals surface area contributed by atoms with Gasteiger partial charge in [-0.05, 0) is 44.3 Å². The van der Waals surface area contributed by atoms with Crippen molar-refractivity contribution in [1.82, 2.24) is 9.47 Å². The number of hydrogen-bond donors (Lipinski definition) is 0. The topological polar surface area (TPSA) is 25.2 Å². The van der Waals surface area contributed by atoms with E-state index in [1.54, 1.807) is 0 Å². The summed E-state index contributed by atoms with van der Waals surface area (Å²) < 4.78 is 2.31. The van der Waals surface area contributed by atoms with Gasteiger partial charge >= 0.3 is 0 Å². The summed E-state index contributed by atoms with van der Waals surface area (Å²) in [5, 5.41) is 1.15. The van der Waals surface area contributed by atoms with Crippen LogP contribution in [0.4, 0.5) is 0 Å². The Morgan fingerprint density at radius 1 is 1.22 bits per heavy atom. The highest BCUT2D eigenvalue weighted by atomic mass is 16.1. The molecular formula is C20H26N2O. The molecule has 3 aliphatic rings. The first-order valence-electron chi connectivity index (χ1n) is 9.03. The number of carbonyl (C=O) groups is 1. The summed E-state index contributed by atoms with van der Waals surface area (Å²) in [6.45, 7) is 5.70. The van der Waals surface area contributed by atoms with Crippen molar-refractivity contribution in [3.63, 3.8) is 0 Å². The lowest BCUT2D eigenvalue weighted by Crippen LogP contribution is -2.46. The standard InChI is InChI=1S/C20H26N2O/c1-3-6-18(23)19-15-7-4-5-8-17(15)21(2)20(19)16-13-22-11-9-14(16)10-12-22/h4-5,7-8,14,16H,3,6,9-13H2,1-2H3. The van der Waals surface area contributed by atoms with Gasteiger partial charge in [0.25, 0.3) is 0 Å². The molecule has 122 valence electrons. The number of benzene rings is 1. The van der Waals surface area contributed by atoms with Crippen LogP contribution in [0.3, 0.4) is 0 Å². The summed E-state index contributed by atoms with van der Waals surface area (Å²) in [5.41, 5.74) is 3.53. The summed E-state index contributed by atoms with van der Waals surface area (Å²) in [5.74, 6) is 1.60. The van der Waals surface area contributed by atoms with Crippen molar-refractivity contribution in [2.75, 3.05) is 19.6 Å². The molecule has 0 spiro atoms. The van der Waals surface area contributed by atoms with E-state index < -0.39 is 0 Å². The molecule has 2 aromatic rings. The molecule has 3 saturated heterocycles. The normalized spacial score (nSPS) is 26.8. The molecule has 3 fully saturated rings. The van der Waals surface area contributed by atoms with Gasteiger partial charge < -0.3 is 9.47 Å². The molecule has 1 aromatic heterocycles. The van der Waals surface area contributed by atoms with E-state index >= 15 is 0 Å². The molecule has 0 aliphatic carbocycles. The zero-order chi connectivity index (χ0) is 16.0.